The number of hydrogen-bond donors (Lipinski definition) is 1. The molecule has 0 spiro atoms. The number of nitrogens with one attached hydrogen (secondary N) is 1. The Balaban J connectivity index is 1.71. The number of rotatable bonds is 9. The molecule has 3 aromatic rings. The van der Waals surface area contributed by atoms with E-state index in [1.54, 1.807) is 37.4 Å². The van der Waals surface area contributed by atoms with E-state index >= 15 is 0 Å². The van der Waals surface area contributed by atoms with E-state index in [4.69, 9.17) is 14.2 Å². The van der Waals surface area contributed by atoms with Gasteiger partial charge in [-0.1, -0.05) is 30.3 Å². The predicted molar refractivity (Wildman–Crippen MR) is 108 cm³/mol. The van der Waals surface area contributed by atoms with Crippen molar-refractivity contribution >= 4 is 16.7 Å². The van der Waals surface area contributed by atoms with Crippen LogP contribution in [0.3, 0.4) is 0 Å². The maximum absolute atomic E-state index is 12.6. The second kappa shape index (κ2) is 9.70. The van der Waals surface area contributed by atoms with E-state index in [0.717, 1.165) is 0 Å². The molecular weight excluding hydrogens is 374 g/mol. The number of methoxy groups -OCH3 is 2. The molecule has 0 radical (unpaired) electrons. The number of nitrogens with zero attached hydrogens (tertiary/aromatic N) is 2. The van der Waals surface area contributed by atoms with Gasteiger partial charge in [0.25, 0.3) is 11.5 Å². The first-order chi connectivity index (χ1) is 14.1. The fourth-order valence-electron chi connectivity index (χ4n) is 2.88. The highest BCUT2D eigenvalue weighted by atomic mass is 16.5. The average Bonchev–Trinajstić information content (AvgIpc) is 2.76. The van der Waals surface area contributed by atoms with Crippen molar-refractivity contribution in [1.29, 1.82) is 0 Å². The molecule has 0 aliphatic rings. The molecular formula is C21H23N3O5. The molecule has 1 aromatic heterocycles. The summed E-state index contributed by atoms with van der Waals surface area (Å²) in [6.45, 7) is 0.700. The topological polar surface area (TPSA) is 91.7 Å². The third kappa shape index (κ3) is 4.91. The second-order valence-electron chi connectivity index (χ2n) is 6.23. The summed E-state index contributed by atoms with van der Waals surface area (Å²) in [4.78, 5) is 24.8. The standard InChI is InChI=1S/C21H23N3O5/c1-27-12-11-24-21(26)16-8-4-3-7-15(16)17(23-24)13-22-20(25)14-29-19-10-6-5-9-18(19)28-2/h3-10H,11-14H2,1-2H3,(H,22,25). The van der Waals surface area contributed by atoms with Gasteiger partial charge in [0.2, 0.25) is 0 Å². The summed E-state index contributed by atoms with van der Waals surface area (Å²) in [5.74, 6) is 0.733. The monoisotopic (exact) mass is 397 g/mol. The van der Waals surface area contributed by atoms with E-state index in [0.29, 0.717) is 41.1 Å². The van der Waals surface area contributed by atoms with Gasteiger partial charge in [0.15, 0.2) is 18.1 Å². The number of hydrogen-bond acceptors (Lipinski definition) is 6. The van der Waals surface area contributed by atoms with Gasteiger partial charge in [-0.2, -0.15) is 5.10 Å². The first-order valence-electron chi connectivity index (χ1n) is 9.14. The van der Waals surface area contributed by atoms with Crippen molar-refractivity contribution in [1.82, 2.24) is 15.1 Å². The molecule has 1 N–H and O–H groups in total. The predicted octanol–water partition coefficient (Wildman–Crippen LogP) is 1.75. The Kier molecular flexibility index (Phi) is 6.80. The summed E-state index contributed by atoms with van der Waals surface area (Å²) in [5.41, 5.74) is 0.411. The van der Waals surface area contributed by atoms with Crippen LogP contribution < -0.4 is 20.3 Å². The highest BCUT2D eigenvalue weighted by Gasteiger charge is 2.12. The Labute approximate surface area is 168 Å². The van der Waals surface area contributed by atoms with E-state index in [1.807, 2.05) is 18.2 Å². The first-order valence-corrected chi connectivity index (χ1v) is 9.14. The second-order valence-corrected chi connectivity index (χ2v) is 6.23. The molecule has 8 nitrogen and oxygen atoms in total. The zero-order chi connectivity index (χ0) is 20.6. The summed E-state index contributed by atoms with van der Waals surface area (Å²) in [6.07, 6.45) is 0. The van der Waals surface area contributed by atoms with Crippen LogP contribution in [0.25, 0.3) is 10.8 Å². The summed E-state index contributed by atoms with van der Waals surface area (Å²) >= 11 is 0. The summed E-state index contributed by atoms with van der Waals surface area (Å²) in [6, 6.07) is 14.3. The Morgan fingerprint density at radius 1 is 1.03 bits per heavy atom. The van der Waals surface area contributed by atoms with Crippen LogP contribution in [0.5, 0.6) is 11.5 Å². The van der Waals surface area contributed by atoms with Crippen molar-refractivity contribution in [3.8, 4) is 11.5 Å². The van der Waals surface area contributed by atoms with E-state index in [-0.39, 0.29) is 24.6 Å². The zero-order valence-electron chi connectivity index (χ0n) is 16.4. The van der Waals surface area contributed by atoms with E-state index in [2.05, 4.69) is 10.4 Å². The van der Waals surface area contributed by atoms with Gasteiger partial charge in [-0.05, 0) is 18.2 Å². The lowest BCUT2D eigenvalue weighted by atomic mass is 10.1. The maximum atomic E-state index is 12.6. The fraction of sp³-hybridized carbons (Fsp3) is 0.286. The van der Waals surface area contributed by atoms with Crippen LogP contribution in [0.2, 0.25) is 0 Å². The van der Waals surface area contributed by atoms with Gasteiger partial charge >= 0.3 is 0 Å². The first kappa shape index (κ1) is 20.3. The number of para-hydroxylation sites is 2. The number of benzene rings is 2. The van der Waals surface area contributed by atoms with E-state index < -0.39 is 0 Å². The molecule has 0 unspecified atom stereocenters. The van der Waals surface area contributed by atoms with Crippen LogP contribution in [-0.4, -0.2) is 43.1 Å². The van der Waals surface area contributed by atoms with Gasteiger partial charge in [-0.3, -0.25) is 9.59 Å². The van der Waals surface area contributed by atoms with E-state index in [9.17, 15) is 9.59 Å². The molecule has 2 aromatic carbocycles. The van der Waals surface area contributed by atoms with Gasteiger partial charge in [0.05, 0.1) is 37.9 Å². The number of ether oxygens (including phenoxy) is 3. The summed E-state index contributed by atoms with van der Waals surface area (Å²) in [5, 5.41) is 8.45. The van der Waals surface area contributed by atoms with Crippen LogP contribution in [0.1, 0.15) is 5.69 Å². The zero-order valence-corrected chi connectivity index (χ0v) is 16.4. The van der Waals surface area contributed by atoms with Crippen LogP contribution >= 0.6 is 0 Å². The van der Waals surface area contributed by atoms with Gasteiger partial charge in [0.1, 0.15) is 0 Å². The molecule has 0 saturated heterocycles. The Bertz CT molecular complexity index is 1050. The van der Waals surface area contributed by atoms with Crippen molar-refractivity contribution < 1.29 is 19.0 Å². The molecule has 152 valence electrons. The quantitative estimate of drug-likeness (QED) is 0.591. The Morgan fingerprint density at radius 2 is 1.72 bits per heavy atom. The molecule has 29 heavy (non-hydrogen) atoms. The minimum Gasteiger partial charge on any atom is -0.493 e. The third-order valence-corrected chi connectivity index (χ3v) is 4.33. The Morgan fingerprint density at radius 3 is 2.45 bits per heavy atom. The van der Waals surface area contributed by atoms with Crippen LogP contribution in [-0.2, 0) is 22.6 Å². The van der Waals surface area contributed by atoms with Crippen molar-refractivity contribution in [2.75, 3.05) is 27.4 Å². The molecule has 0 aliphatic carbocycles. The molecule has 3 rings (SSSR count). The van der Waals surface area contributed by atoms with Gasteiger partial charge in [0, 0.05) is 12.5 Å². The maximum Gasteiger partial charge on any atom is 0.274 e. The normalized spacial score (nSPS) is 10.7. The minimum absolute atomic E-state index is 0.165. The largest absolute Gasteiger partial charge is 0.493 e. The average molecular weight is 397 g/mol. The SMILES string of the molecule is COCCn1nc(CNC(=O)COc2ccccc2OC)c2ccccc2c1=O. The highest BCUT2D eigenvalue weighted by molar-refractivity contribution is 5.84. The number of amides is 1. The summed E-state index contributed by atoms with van der Waals surface area (Å²) in [7, 11) is 3.10. The molecule has 0 bridgehead atoms. The smallest absolute Gasteiger partial charge is 0.274 e. The third-order valence-electron chi connectivity index (χ3n) is 4.33. The molecule has 8 heteroatoms. The minimum atomic E-state index is -0.309. The summed E-state index contributed by atoms with van der Waals surface area (Å²) < 4.78 is 17.1. The van der Waals surface area contributed by atoms with Crippen LogP contribution in [0.4, 0.5) is 0 Å². The van der Waals surface area contributed by atoms with Crippen LogP contribution in [0, 0.1) is 0 Å². The van der Waals surface area contributed by atoms with Gasteiger partial charge in [-0.25, -0.2) is 4.68 Å². The lowest BCUT2D eigenvalue weighted by Crippen LogP contribution is -2.31. The Hall–Kier alpha value is -3.39. The van der Waals surface area contributed by atoms with E-state index in [1.165, 1.54) is 11.8 Å². The highest BCUT2D eigenvalue weighted by Crippen LogP contribution is 2.25. The lowest BCUT2D eigenvalue weighted by Gasteiger charge is -2.12. The van der Waals surface area contributed by atoms with Crippen molar-refractivity contribution in [3.05, 3.63) is 64.6 Å². The lowest BCUT2D eigenvalue weighted by molar-refractivity contribution is -0.123. The molecule has 1 amide bonds. The number of carbonyl (C=O) groups is 1. The fourth-order valence-corrected chi connectivity index (χ4v) is 2.88. The molecule has 0 saturated carbocycles. The number of aromatic nitrogens is 2. The molecule has 0 aliphatic heterocycles. The molecule has 0 atom stereocenters. The van der Waals surface area contributed by atoms with Gasteiger partial charge < -0.3 is 19.5 Å². The molecule has 0 fully saturated rings. The molecule has 1 heterocycles. The van der Waals surface area contributed by atoms with Crippen molar-refractivity contribution in [2.24, 2.45) is 0 Å². The van der Waals surface area contributed by atoms with Crippen molar-refractivity contribution in [2.45, 2.75) is 13.1 Å². The number of carbonyl (C=O) groups excluding carboxylic acids is 1. The van der Waals surface area contributed by atoms with Gasteiger partial charge in [-0.15, -0.1) is 0 Å². The van der Waals surface area contributed by atoms with Crippen LogP contribution in [0.15, 0.2) is 53.3 Å². The number of fused-ring (bicyclic) bond motifs is 1. The van der Waals surface area contributed by atoms with Crippen molar-refractivity contribution in [3.63, 3.8) is 0 Å².